The smallest absolute Gasteiger partial charge is 0.328 e. The van der Waals surface area contributed by atoms with Gasteiger partial charge < -0.3 is 14.8 Å². The van der Waals surface area contributed by atoms with E-state index in [1.54, 1.807) is 26.2 Å². The van der Waals surface area contributed by atoms with E-state index in [-0.39, 0.29) is 17.7 Å². The Kier molecular flexibility index (Phi) is 6.29. The first-order valence-corrected chi connectivity index (χ1v) is 6.26. The molecular weight excluding hydrogens is 249 g/mol. The third-order valence-corrected chi connectivity index (χ3v) is 2.71. The SMILES string of the molecule is CCOC(=O)C(Nc1ccc(F)cc1)C(C)COC. The number of esters is 1. The van der Waals surface area contributed by atoms with Crippen molar-refractivity contribution in [3.05, 3.63) is 30.1 Å². The van der Waals surface area contributed by atoms with Gasteiger partial charge in [0.15, 0.2) is 0 Å². The number of carbonyl (C=O) groups excluding carboxylic acids is 1. The molecule has 1 aromatic carbocycles. The number of hydrogen-bond acceptors (Lipinski definition) is 4. The van der Waals surface area contributed by atoms with E-state index >= 15 is 0 Å². The average Bonchev–Trinajstić information content (AvgIpc) is 2.38. The molecule has 19 heavy (non-hydrogen) atoms. The van der Waals surface area contributed by atoms with Gasteiger partial charge in [0.2, 0.25) is 0 Å². The van der Waals surface area contributed by atoms with E-state index in [1.807, 2.05) is 6.92 Å². The molecule has 0 spiro atoms. The van der Waals surface area contributed by atoms with Crippen molar-refractivity contribution in [2.75, 3.05) is 25.6 Å². The highest BCUT2D eigenvalue weighted by atomic mass is 19.1. The molecule has 2 atom stereocenters. The number of hydrogen-bond donors (Lipinski definition) is 1. The minimum Gasteiger partial charge on any atom is -0.464 e. The van der Waals surface area contributed by atoms with Crippen LogP contribution in [0.15, 0.2) is 24.3 Å². The van der Waals surface area contributed by atoms with Crippen molar-refractivity contribution in [1.82, 2.24) is 0 Å². The zero-order valence-electron chi connectivity index (χ0n) is 11.5. The molecule has 0 aliphatic heterocycles. The Morgan fingerprint density at radius 2 is 2.00 bits per heavy atom. The van der Waals surface area contributed by atoms with Gasteiger partial charge in [0.25, 0.3) is 0 Å². The van der Waals surface area contributed by atoms with Gasteiger partial charge in [-0.2, -0.15) is 0 Å². The van der Waals surface area contributed by atoms with E-state index in [0.717, 1.165) is 0 Å². The van der Waals surface area contributed by atoms with Crippen LogP contribution in [-0.4, -0.2) is 32.3 Å². The van der Waals surface area contributed by atoms with Gasteiger partial charge in [-0.05, 0) is 31.2 Å². The maximum absolute atomic E-state index is 12.8. The quantitative estimate of drug-likeness (QED) is 0.772. The van der Waals surface area contributed by atoms with Crippen LogP contribution in [0.2, 0.25) is 0 Å². The van der Waals surface area contributed by atoms with Crippen LogP contribution >= 0.6 is 0 Å². The fourth-order valence-electron chi connectivity index (χ4n) is 1.75. The number of halogens is 1. The lowest BCUT2D eigenvalue weighted by Gasteiger charge is -2.23. The number of carbonyl (C=O) groups is 1. The molecule has 0 saturated carbocycles. The normalized spacial score (nSPS) is 13.7. The summed E-state index contributed by atoms with van der Waals surface area (Å²) in [5.74, 6) is -0.714. The van der Waals surface area contributed by atoms with Crippen LogP contribution in [0.4, 0.5) is 10.1 Å². The van der Waals surface area contributed by atoms with Gasteiger partial charge in [0.05, 0.1) is 13.2 Å². The monoisotopic (exact) mass is 269 g/mol. The van der Waals surface area contributed by atoms with Crippen molar-refractivity contribution in [2.24, 2.45) is 5.92 Å². The van der Waals surface area contributed by atoms with Crippen LogP contribution in [0.1, 0.15) is 13.8 Å². The summed E-state index contributed by atoms with van der Waals surface area (Å²) in [4.78, 5) is 11.9. The lowest BCUT2D eigenvalue weighted by molar-refractivity contribution is -0.145. The molecule has 4 nitrogen and oxygen atoms in total. The van der Waals surface area contributed by atoms with E-state index in [4.69, 9.17) is 9.47 Å². The lowest BCUT2D eigenvalue weighted by Crippen LogP contribution is -2.39. The summed E-state index contributed by atoms with van der Waals surface area (Å²) in [6.45, 7) is 4.40. The molecule has 0 bridgehead atoms. The van der Waals surface area contributed by atoms with E-state index in [0.29, 0.717) is 18.9 Å². The van der Waals surface area contributed by atoms with Gasteiger partial charge in [-0.25, -0.2) is 9.18 Å². The van der Waals surface area contributed by atoms with Crippen molar-refractivity contribution in [3.8, 4) is 0 Å². The fourth-order valence-corrected chi connectivity index (χ4v) is 1.75. The average molecular weight is 269 g/mol. The standard InChI is InChI=1S/C14H20FNO3/c1-4-19-14(17)13(10(2)9-18-3)16-12-7-5-11(15)6-8-12/h5-8,10,13,16H,4,9H2,1-3H3. The molecule has 0 radical (unpaired) electrons. The number of nitrogens with one attached hydrogen (secondary N) is 1. The van der Waals surface area contributed by atoms with Gasteiger partial charge in [-0.3, -0.25) is 0 Å². The second-order valence-corrected chi connectivity index (χ2v) is 4.31. The van der Waals surface area contributed by atoms with Gasteiger partial charge in [0.1, 0.15) is 11.9 Å². The van der Waals surface area contributed by atoms with Crippen LogP contribution in [0.5, 0.6) is 0 Å². The molecule has 1 aromatic rings. The molecule has 0 aliphatic rings. The van der Waals surface area contributed by atoms with Crippen LogP contribution < -0.4 is 5.32 Å². The Hall–Kier alpha value is -1.62. The summed E-state index contributed by atoms with van der Waals surface area (Å²) >= 11 is 0. The summed E-state index contributed by atoms with van der Waals surface area (Å²) in [5.41, 5.74) is 0.669. The van der Waals surface area contributed by atoms with E-state index < -0.39 is 6.04 Å². The lowest BCUT2D eigenvalue weighted by atomic mass is 10.0. The Morgan fingerprint density at radius 3 is 2.53 bits per heavy atom. The number of benzene rings is 1. The molecule has 0 heterocycles. The predicted octanol–water partition coefficient (Wildman–Crippen LogP) is 2.45. The topological polar surface area (TPSA) is 47.6 Å². The van der Waals surface area contributed by atoms with Gasteiger partial charge in [0, 0.05) is 18.7 Å². The van der Waals surface area contributed by atoms with Gasteiger partial charge in [-0.1, -0.05) is 6.92 Å². The summed E-state index contributed by atoms with van der Waals surface area (Å²) in [5, 5.41) is 3.05. The first-order valence-electron chi connectivity index (χ1n) is 6.26. The molecule has 0 aromatic heterocycles. The molecule has 0 saturated heterocycles. The number of methoxy groups -OCH3 is 1. The summed E-state index contributed by atoms with van der Waals surface area (Å²) in [6, 6.07) is 5.32. The fraction of sp³-hybridized carbons (Fsp3) is 0.500. The molecular formula is C14H20FNO3. The first-order chi connectivity index (χ1) is 9.08. The molecule has 5 heteroatoms. The molecule has 106 valence electrons. The molecule has 1 rings (SSSR count). The zero-order chi connectivity index (χ0) is 14.3. The van der Waals surface area contributed by atoms with Crippen molar-refractivity contribution in [2.45, 2.75) is 19.9 Å². The van der Waals surface area contributed by atoms with Crippen molar-refractivity contribution in [3.63, 3.8) is 0 Å². The van der Waals surface area contributed by atoms with E-state index in [1.165, 1.54) is 12.1 Å². The largest absolute Gasteiger partial charge is 0.464 e. The van der Waals surface area contributed by atoms with Gasteiger partial charge in [-0.15, -0.1) is 0 Å². The highest BCUT2D eigenvalue weighted by Gasteiger charge is 2.26. The summed E-state index contributed by atoms with van der Waals surface area (Å²) < 4.78 is 22.9. The molecule has 0 fully saturated rings. The molecule has 2 unspecified atom stereocenters. The maximum Gasteiger partial charge on any atom is 0.328 e. The Labute approximate surface area is 112 Å². The first kappa shape index (κ1) is 15.4. The van der Waals surface area contributed by atoms with Crippen molar-refractivity contribution in [1.29, 1.82) is 0 Å². The Morgan fingerprint density at radius 1 is 1.37 bits per heavy atom. The number of rotatable bonds is 7. The van der Waals surface area contributed by atoms with E-state index in [2.05, 4.69) is 5.32 Å². The maximum atomic E-state index is 12.8. The minimum atomic E-state index is -0.523. The van der Waals surface area contributed by atoms with Gasteiger partial charge >= 0.3 is 5.97 Å². The summed E-state index contributed by atoms with van der Waals surface area (Å²) in [6.07, 6.45) is 0. The van der Waals surface area contributed by atoms with E-state index in [9.17, 15) is 9.18 Å². The third-order valence-electron chi connectivity index (χ3n) is 2.71. The molecule has 0 aliphatic carbocycles. The Bertz CT molecular complexity index is 394. The number of anilines is 1. The minimum absolute atomic E-state index is 0.0610. The molecule has 0 amide bonds. The van der Waals surface area contributed by atoms with Crippen LogP contribution in [-0.2, 0) is 14.3 Å². The second kappa shape index (κ2) is 7.74. The predicted molar refractivity (Wildman–Crippen MR) is 71.5 cm³/mol. The number of ether oxygens (including phenoxy) is 2. The summed E-state index contributed by atoms with van der Waals surface area (Å²) in [7, 11) is 1.58. The zero-order valence-corrected chi connectivity index (χ0v) is 11.5. The van der Waals surface area contributed by atoms with Crippen LogP contribution in [0.3, 0.4) is 0 Å². The Balaban J connectivity index is 2.78. The van der Waals surface area contributed by atoms with Crippen molar-refractivity contribution < 1.29 is 18.7 Å². The second-order valence-electron chi connectivity index (χ2n) is 4.31. The van der Waals surface area contributed by atoms with Crippen molar-refractivity contribution >= 4 is 11.7 Å². The molecule has 1 N–H and O–H groups in total. The van der Waals surface area contributed by atoms with Crippen LogP contribution in [0.25, 0.3) is 0 Å². The highest BCUT2D eigenvalue weighted by Crippen LogP contribution is 2.15. The third kappa shape index (κ3) is 4.87. The van der Waals surface area contributed by atoms with Crippen LogP contribution in [0, 0.1) is 11.7 Å². The highest BCUT2D eigenvalue weighted by molar-refractivity contribution is 5.79.